The molecule has 1 aliphatic heterocycles. The summed E-state index contributed by atoms with van der Waals surface area (Å²) >= 11 is 0. The maximum absolute atomic E-state index is 13.2. The minimum absolute atomic E-state index is 0. The molecule has 7 heteroatoms. The van der Waals surface area contributed by atoms with Crippen LogP contribution >= 0.6 is 0 Å². The first-order chi connectivity index (χ1) is 14.1. The Morgan fingerprint density at radius 2 is 1.80 bits per heavy atom. The molecule has 0 radical (unpaired) electrons. The van der Waals surface area contributed by atoms with Crippen LogP contribution in [0.4, 0.5) is 0 Å². The molecule has 4 aromatic rings. The van der Waals surface area contributed by atoms with Crippen LogP contribution in [0, 0.1) is 0 Å². The maximum atomic E-state index is 13.2. The smallest absolute Gasteiger partial charge is 0.481 e. The molecule has 2 aromatic heterocycles. The van der Waals surface area contributed by atoms with E-state index in [1.165, 1.54) is 10.9 Å². The number of carboxylic acids is 1. The summed E-state index contributed by atoms with van der Waals surface area (Å²) in [4.78, 5) is 24.3. The van der Waals surface area contributed by atoms with Crippen molar-refractivity contribution >= 4 is 27.8 Å². The molecule has 146 valence electrons. The van der Waals surface area contributed by atoms with Gasteiger partial charge < -0.3 is 9.67 Å². The number of nitrogens with zero attached hydrogens (tertiary/aromatic N) is 3. The van der Waals surface area contributed by atoms with Crippen LogP contribution < -0.4 is 39.7 Å². The van der Waals surface area contributed by atoms with E-state index in [4.69, 9.17) is 5.11 Å². The zero-order valence-corrected chi connectivity index (χ0v) is 19.3. The van der Waals surface area contributed by atoms with Gasteiger partial charge in [-0.3, -0.25) is 4.79 Å². The van der Waals surface area contributed by atoms with Crippen molar-refractivity contribution in [3.05, 3.63) is 64.4 Å². The molecule has 0 saturated carbocycles. The van der Waals surface area contributed by atoms with Gasteiger partial charge in [0.15, 0.2) is 0 Å². The number of aromatic nitrogens is 3. The molecule has 6 nitrogen and oxygen atoms in total. The number of hydrogen-bond acceptors (Lipinski definition) is 2. The fourth-order valence-corrected chi connectivity index (χ4v) is 4.71. The van der Waals surface area contributed by atoms with Crippen LogP contribution in [0.25, 0.3) is 33.3 Å². The van der Waals surface area contributed by atoms with Gasteiger partial charge in [0, 0.05) is 30.3 Å². The SMILES string of the molecule is C[n+]1c2n(c(=O)c3ccccc31)CCc1c-2n(CCCC(=O)O)c2ccccc12.[Na+]. The number of para-hydroxylation sites is 2. The third-order valence-corrected chi connectivity index (χ3v) is 5.96. The van der Waals surface area contributed by atoms with Crippen molar-refractivity contribution in [1.82, 2.24) is 9.13 Å². The Kier molecular flexibility index (Phi) is 5.57. The Hall–Kier alpha value is -2.41. The summed E-state index contributed by atoms with van der Waals surface area (Å²) in [5, 5.41) is 11.0. The van der Waals surface area contributed by atoms with E-state index in [0.717, 1.165) is 34.4 Å². The van der Waals surface area contributed by atoms with Gasteiger partial charge >= 0.3 is 46.9 Å². The summed E-state index contributed by atoms with van der Waals surface area (Å²) in [6.07, 6.45) is 1.45. The van der Waals surface area contributed by atoms with Crippen LogP contribution in [0.3, 0.4) is 0 Å². The molecule has 2 aromatic carbocycles. The van der Waals surface area contributed by atoms with Gasteiger partial charge in [-0.15, -0.1) is 0 Å². The normalized spacial score (nSPS) is 12.4. The first-order valence-corrected chi connectivity index (χ1v) is 9.91. The summed E-state index contributed by atoms with van der Waals surface area (Å²) in [6, 6.07) is 15.9. The van der Waals surface area contributed by atoms with E-state index in [1.807, 2.05) is 48.0 Å². The van der Waals surface area contributed by atoms with E-state index in [-0.39, 0.29) is 41.5 Å². The van der Waals surface area contributed by atoms with Crippen LogP contribution in [0.5, 0.6) is 0 Å². The number of aliphatic carboxylic acids is 1. The van der Waals surface area contributed by atoms with Crippen molar-refractivity contribution in [2.75, 3.05) is 0 Å². The Morgan fingerprint density at radius 3 is 2.57 bits per heavy atom. The third kappa shape index (κ3) is 3.11. The summed E-state index contributed by atoms with van der Waals surface area (Å²) in [6.45, 7) is 1.24. The largest absolute Gasteiger partial charge is 1.00 e. The Bertz CT molecular complexity index is 1350. The van der Waals surface area contributed by atoms with Gasteiger partial charge in [-0.25, -0.2) is 9.36 Å². The van der Waals surface area contributed by atoms with Crippen LogP contribution in [0.15, 0.2) is 53.3 Å². The number of carbonyl (C=O) groups is 1. The molecule has 30 heavy (non-hydrogen) atoms. The maximum Gasteiger partial charge on any atom is 1.00 e. The van der Waals surface area contributed by atoms with E-state index in [2.05, 4.69) is 21.3 Å². The Labute approximate surface area is 195 Å². The Morgan fingerprint density at radius 1 is 1.10 bits per heavy atom. The molecule has 1 N–H and O–H groups in total. The molecule has 0 bridgehead atoms. The molecule has 0 unspecified atom stereocenters. The van der Waals surface area contributed by atoms with Gasteiger partial charge in [0.05, 0.1) is 13.6 Å². The number of carboxylic acid groups (broad SMARTS) is 1. The molecule has 0 spiro atoms. The molecule has 0 atom stereocenters. The molecular weight excluding hydrogens is 389 g/mol. The molecule has 0 amide bonds. The molecular formula is C23H22N3NaO3+2. The zero-order chi connectivity index (χ0) is 20.1. The average Bonchev–Trinajstić information content (AvgIpc) is 3.05. The van der Waals surface area contributed by atoms with Crippen molar-refractivity contribution in [2.24, 2.45) is 7.05 Å². The average molecular weight is 411 g/mol. The number of aryl methyl sites for hydroxylation is 3. The van der Waals surface area contributed by atoms with E-state index >= 15 is 0 Å². The van der Waals surface area contributed by atoms with Crippen molar-refractivity contribution in [3.63, 3.8) is 0 Å². The van der Waals surface area contributed by atoms with Gasteiger partial charge in [0.2, 0.25) is 0 Å². The van der Waals surface area contributed by atoms with Gasteiger partial charge in [0.25, 0.3) is 0 Å². The van der Waals surface area contributed by atoms with Crippen molar-refractivity contribution in [2.45, 2.75) is 32.4 Å². The number of hydrogen-bond donors (Lipinski definition) is 1. The zero-order valence-electron chi connectivity index (χ0n) is 17.3. The predicted molar refractivity (Wildman–Crippen MR) is 111 cm³/mol. The second-order valence-corrected chi connectivity index (χ2v) is 7.60. The summed E-state index contributed by atoms with van der Waals surface area (Å²) in [5.74, 6) is 0.102. The number of rotatable bonds is 4. The fourth-order valence-electron chi connectivity index (χ4n) is 4.71. The van der Waals surface area contributed by atoms with Crippen molar-refractivity contribution in [1.29, 1.82) is 0 Å². The van der Waals surface area contributed by atoms with E-state index < -0.39 is 5.97 Å². The fraction of sp³-hybridized carbons (Fsp3) is 0.261. The molecule has 3 heterocycles. The predicted octanol–water partition coefficient (Wildman–Crippen LogP) is -0.127. The topological polar surface area (TPSA) is 68.1 Å². The van der Waals surface area contributed by atoms with E-state index in [0.29, 0.717) is 19.5 Å². The van der Waals surface area contributed by atoms with Crippen LogP contribution in [0.2, 0.25) is 0 Å². The van der Waals surface area contributed by atoms with Gasteiger partial charge in [-0.1, -0.05) is 30.3 Å². The molecule has 1 aliphatic rings. The summed E-state index contributed by atoms with van der Waals surface area (Å²) in [7, 11) is 2.00. The van der Waals surface area contributed by atoms with Crippen LogP contribution in [-0.2, 0) is 31.4 Å². The first-order valence-electron chi connectivity index (χ1n) is 9.91. The minimum Gasteiger partial charge on any atom is -0.481 e. The van der Waals surface area contributed by atoms with Gasteiger partial charge in [-0.2, -0.15) is 4.57 Å². The molecule has 5 rings (SSSR count). The number of fused-ring (bicyclic) bond motifs is 6. The standard InChI is InChI=1S/C23H21N3O3.Na/c1-24-18-9-4-3-8-17(18)23(29)26-14-12-16-15-7-2-5-10-19(15)25(21(16)22(24)26)13-6-11-20(27)28;/h2-5,7-10H,6,11-14H2,1H3;/q;+1/p+1. The molecule has 0 fully saturated rings. The van der Waals surface area contributed by atoms with Crippen LogP contribution in [-0.4, -0.2) is 20.2 Å². The monoisotopic (exact) mass is 411 g/mol. The van der Waals surface area contributed by atoms with Gasteiger partial charge in [0.1, 0.15) is 16.6 Å². The quantitative estimate of drug-likeness (QED) is 0.376. The van der Waals surface area contributed by atoms with Crippen LogP contribution in [0.1, 0.15) is 18.4 Å². The van der Waals surface area contributed by atoms with Gasteiger partial charge in [-0.05, 0) is 30.2 Å². The van der Waals surface area contributed by atoms with E-state index in [1.54, 1.807) is 0 Å². The second-order valence-electron chi connectivity index (χ2n) is 7.60. The minimum atomic E-state index is -0.788. The molecule has 0 aliphatic carbocycles. The third-order valence-electron chi connectivity index (χ3n) is 5.96. The summed E-state index contributed by atoms with van der Waals surface area (Å²) in [5.41, 5.74) is 4.30. The first kappa shape index (κ1) is 20.8. The second kappa shape index (κ2) is 8.02. The van der Waals surface area contributed by atoms with E-state index in [9.17, 15) is 9.59 Å². The number of benzene rings is 2. The Balaban J connectivity index is 0.00000218. The van der Waals surface area contributed by atoms with Crippen molar-refractivity contribution in [3.8, 4) is 11.5 Å². The summed E-state index contributed by atoms with van der Waals surface area (Å²) < 4.78 is 6.17. The molecule has 0 saturated heterocycles. The van der Waals surface area contributed by atoms with Crippen molar-refractivity contribution < 1.29 is 44.0 Å².